The number of amides is 2. The van der Waals surface area contributed by atoms with Crippen LogP contribution in [0.4, 0.5) is 11.4 Å². The third kappa shape index (κ3) is 5.40. The Balaban J connectivity index is 2.61. The molecule has 0 aliphatic heterocycles. The maximum absolute atomic E-state index is 11.9. The fourth-order valence-corrected chi connectivity index (χ4v) is 1.71. The number of carbonyl (C=O) groups is 2. The Bertz CT molecular complexity index is 460. The van der Waals surface area contributed by atoms with Gasteiger partial charge in [-0.1, -0.05) is 32.8 Å². The first-order chi connectivity index (χ1) is 9.56. The predicted molar refractivity (Wildman–Crippen MR) is 81.5 cm³/mol. The molecule has 0 fully saturated rings. The van der Waals surface area contributed by atoms with Crippen LogP contribution in [0.2, 0.25) is 0 Å². The minimum Gasteiger partial charge on any atom is -0.326 e. The normalized spacial score (nSPS) is 11.8. The monoisotopic (exact) mass is 277 g/mol. The second-order valence-electron chi connectivity index (χ2n) is 4.72. The molecule has 4 N–H and O–H groups in total. The van der Waals surface area contributed by atoms with E-state index in [1.165, 1.54) is 0 Å². The quantitative estimate of drug-likeness (QED) is 0.716. The highest BCUT2D eigenvalue weighted by Gasteiger charge is 2.13. The summed E-state index contributed by atoms with van der Waals surface area (Å²) in [6.45, 7) is 3.85. The number of hydrogen-bond donors (Lipinski definition) is 3. The third-order valence-electron chi connectivity index (χ3n) is 2.94. The molecule has 1 rings (SSSR count). The first-order valence-electron chi connectivity index (χ1n) is 7.03. The number of unbranched alkanes of at least 4 members (excludes halogenated alkanes) is 1. The smallest absolute Gasteiger partial charge is 0.241 e. The van der Waals surface area contributed by atoms with Crippen molar-refractivity contribution in [1.29, 1.82) is 0 Å². The van der Waals surface area contributed by atoms with Crippen LogP contribution in [0.5, 0.6) is 0 Å². The minimum atomic E-state index is -0.496. The topological polar surface area (TPSA) is 84.2 Å². The highest BCUT2D eigenvalue weighted by Crippen LogP contribution is 2.15. The molecule has 0 spiro atoms. The molecule has 110 valence electrons. The molecule has 5 heteroatoms. The van der Waals surface area contributed by atoms with Gasteiger partial charge in [-0.25, -0.2) is 0 Å². The van der Waals surface area contributed by atoms with E-state index in [4.69, 9.17) is 5.73 Å². The van der Waals surface area contributed by atoms with Crippen molar-refractivity contribution in [3.8, 4) is 0 Å². The Morgan fingerprint density at radius 3 is 2.45 bits per heavy atom. The van der Waals surface area contributed by atoms with Crippen LogP contribution >= 0.6 is 0 Å². The highest BCUT2D eigenvalue weighted by atomic mass is 16.2. The van der Waals surface area contributed by atoms with Gasteiger partial charge in [-0.15, -0.1) is 0 Å². The van der Waals surface area contributed by atoms with Gasteiger partial charge in [-0.05, 0) is 24.6 Å². The molecule has 0 aromatic heterocycles. The zero-order chi connectivity index (χ0) is 15.0. The van der Waals surface area contributed by atoms with Crippen molar-refractivity contribution in [3.05, 3.63) is 24.3 Å². The van der Waals surface area contributed by atoms with Gasteiger partial charge >= 0.3 is 0 Å². The lowest BCUT2D eigenvalue weighted by atomic mass is 10.1. The van der Waals surface area contributed by atoms with Gasteiger partial charge in [0.2, 0.25) is 11.8 Å². The molecule has 20 heavy (non-hydrogen) atoms. The molecule has 1 aromatic rings. The van der Waals surface area contributed by atoms with E-state index in [1.54, 1.807) is 31.2 Å². The minimum absolute atomic E-state index is 0.0619. The largest absolute Gasteiger partial charge is 0.326 e. The van der Waals surface area contributed by atoms with E-state index in [0.29, 0.717) is 24.2 Å². The van der Waals surface area contributed by atoms with Crippen molar-refractivity contribution < 1.29 is 9.59 Å². The van der Waals surface area contributed by atoms with E-state index in [1.807, 2.05) is 0 Å². The molecule has 2 amide bonds. The summed E-state index contributed by atoms with van der Waals surface area (Å²) in [6.07, 6.45) is 3.04. The van der Waals surface area contributed by atoms with Gasteiger partial charge in [0, 0.05) is 17.8 Å². The van der Waals surface area contributed by atoms with Gasteiger partial charge in [0.25, 0.3) is 0 Å². The van der Waals surface area contributed by atoms with Crippen LogP contribution in [0.15, 0.2) is 24.3 Å². The zero-order valence-electron chi connectivity index (χ0n) is 12.1. The summed E-state index contributed by atoms with van der Waals surface area (Å²) in [4.78, 5) is 23.2. The first-order valence-corrected chi connectivity index (χ1v) is 7.03. The summed E-state index contributed by atoms with van der Waals surface area (Å²) in [5, 5.41) is 5.51. The lowest BCUT2D eigenvalue weighted by molar-refractivity contribution is -0.117. The predicted octanol–water partition coefficient (Wildman–Crippen LogP) is 2.49. The average molecular weight is 277 g/mol. The molecule has 1 aromatic carbocycles. The Hall–Kier alpha value is -1.88. The second kappa shape index (κ2) is 8.32. The molecule has 1 unspecified atom stereocenters. The number of anilines is 2. The Morgan fingerprint density at radius 2 is 1.85 bits per heavy atom. The van der Waals surface area contributed by atoms with Crippen LogP contribution in [-0.2, 0) is 9.59 Å². The molecule has 0 saturated carbocycles. The van der Waals surface area contributed by atoms with E-state index in [2.05, 4.69) is 17.6 Å². The van der Waals surface area contributed by atoms with Crippen LogP contribution in [0, 0.1) is 0 Å². The van der Waals surface area contributed by atoms with E-state index in [9.17, 15) is 9.59 Å². The number of rotatable bonds is 7. The fraction of sp³-hybridized carbons (Fsp3) is 0.467. The highest BCUT2D eigenvalue weighted by molar-refractivity contribution is 5.96. The van der Waals surface area contributed by atoms with E-state index < -0.39 is 6.04 Å². The Kier molecular flexibility index (Phi) is 6.73. The van der Waals surface area contributed by atoms with Gasteiger partial charge in [0.1, 0.15) is 0 Å². The molecule has 0 aliphatic rings. The fourth-order valence-electron chi connectivity index (χ4n) is 1.71. The van der Waals surface area contributed by atoms with Gasteiger partial charge in [-0.2, -0.15) is 0 Å². The van der Waals surface area contributed by atoms with Crippen molar-refractivity contribution in [3.63, 3.8) is 0 Å². The standard InChI is InChI=1S/C15H23N3O2/c1-3-5-9-13(16)15(20)18-12-8-6-7-11(10-12)17-14(19)4-2/h6-8,10,13H,3-5,9,16H2,1-2H3,(H,17,19)(H,18,20). The molecule has 0 saturated heterocycles. The lowest BCUT2D eigenvalue weighted by Gasteiger charge is -2.12. The van der Waals surface area contributed by atoms with E-state index in [-0.39, 0.29) is 11.8 Å². The summed E-state index contributed by atoms with van der Waals surface area (Å²) in [5.74, 6) is -0.259. The molecule has 0 aliphatic carbocycles. The summed E-state index contributed by atoms with van der Waals surface area (Å²) in [7, 11) is 0. The van der Waals surface area contributed by atoms with Crippen LogP contribution in [0.3, 0.4) is 0 Å². The maximum atomic E-state index is 11.9. The zero-order valence-corrected chi connectivity index (χ0v) is 12.1. The first kappa shape index (κ1) is 16.2. The van der Waals surface area contributed by atoms with Crippen molar-refractivity contribution in [1.82, 2.24) is 0 Å². The number of carbonyl (C=O) groups excluding carboxylic acids is 2. The van der Waals surface area contributed by atoms with E-state index >= 15 is 0 Å². The van der Waals surface area contributed by atoms with Gasteiger partial charge in [-0.3, -0.25) is 9.59 Å². The summed E-state index contributed by atoms with van der Waals surface area (Å²) >= 11 is 0. The van der Waals surface area contributed by atoms with Crippen molar-refractivity contribution in [2.24, 2.45) is 5.73 Å². The molecule has 0 radical (unpaired) electrons. The van der Waals surface area contributed by atoms with Gasteiger partial charge in [0.05, 0.1) is 6.04 Å². The van der Waals surface area contributed by atoms with Gasteiger partial charge < -0.3 is 16.4 Å². The number of nitrogens with one attached hydrogen (secondary N) is 2. The summed E-state index contributed by atoms with van der Waals surface area (Å²) in [5.41, 5.74) is 7.11. The van der Waals surface area contributed by atoms with Crippen LogP contribution < -0.4 is 16.4 Å². The lowest BCUT2D eigenvalue weighted by Crippen LogP contribution is -2.35. The molecule has 1 atom stereocenters. The van der Waals surface area contributed by atoms with Gasteiger partial charge in [0.15, 0.2) is 0 Å². The van der Waals surface area contributed by atoms with Crippen LogP contribution in [0.1, 0.15) is 39.5 Å². The molecular formula is C15H23N3O2. The van der Waals surface area contributed by atoms with Crippen molar-refractivity contribution >= 4 is 23.2 Å². The Morgan fingerprint density at radius 1 is 1.20 bits per heavy atom. The average Bonchev–Trinajstić information content (AvgIpc) is 2.44. The molecular weight excluding hydrogens is 254 g/mol. The SMILES string of the molecule is CCCCC(N)C(=O)Nc1cccc(NC(=O)CC)c1. The van der Waals surface area contributed by atoms with Crippen LogP contribution in [0.25, 0.3) is 0 Å². The van der Waals surface area contributed by atoms with Crippen molar-refractivity contribution in [2.75, 3.05) is 10.6 Å². The number of nitrogens with two attached hydrogens (primary N) is 1. The maximum Gasteiger partial charge on any atom is 0.241 e. The Labute approximate surface area is 119 Å². The molecule has 5 nitrogen and oxygen atoms in total. The number of benzene rings is 1. The summed E-state index contributed by atoms with van der Waals surface area (Å²) in [6, 6.07) is 6.55. The molecule has 0 heterocycles. The van der Waals surface area contributed by atoms with Crippen molar-refractivity contribution in [2.45, 2.75) is 45.6 Å². The van der Waals surface area contributed by atoms with E-state index in [0.717, 1.165) is 12.8 Å². The second-order valence-corrected chi connectivity index (χ2v) is 4.72. The molecule has 0 bridgehead atoms. The van der Waals surface area contributed by atoms with Crippen LogP contribution in [-0.4, -0.2) is 17.9 Å². The summed E-state index contributed by atoms with van der Waals surface area (Å²) < 4.78 is 0. The number of hydrogen-bond acceptors (Lipinski definition) is 3. The third-order valence-corrected chi connectivity index (χ3v) is 2.94.